The third kappa shape index (κ3) is 4.59. The van der Waals surface area contributed by atoms with Crippen molar-refractivity contribution in [2.24, 2.45) is 5.92 Å². The van der Waals surface area contributed by atoms with Crippen molar-refractivity contribution in [3.05, 3.63) is 33.8 Å². The van der Waals surface area contributed by atoms with Crippen LogP contribution < -0.4 is 15.4 Å². The Bertz CT molecular complexity index is 1200. The van der Waals surface area contributed by atoms with Gasteiger partial charge in [0, 0.05) is 18.7 Å². The van der Waals surface area contributed by atoms with E-state index in [0.29, 0.717) is 24.3 Å². The van der Waals surface area contributed by atoms with Crippen molar-refractivity contribution in [3.8, 4) is 5.88 Å². The summed E-state index contributed by atoms with van der Waals surface area (Å²) in [5, 5.41) is 27.0. The second-order valence-corrected chi connectivity index (χ2v) is 10.3. The van der Waals surface area contributed by atoms with Crippen LogP contribution in [0.3, 0.4) is 0 Å². The summed E-state index contributed by atoms with van der Waals surface area (Å²) in [6.07, 6.45) is 7.86. The number of hydrogen-bond donors (Lipinski definition) is 4. The van der Waals surface area contributed by atoms with E-state index >= 15 is 0 Å². The van der Waals surface area contributed by atoms with Gasteiger partial charge in [0.05, 0.1) is 29.9 Å². The lowest BCUT2D eigenvalue weighted by atomic mass is 9.96. The third-order valence-corrected chi connectivity index (χ3v) is 6.42. The van der Waals surface area contributed by atoms with Crippen LogP contribution >= 0.6 is 0 Å². The average molecular weight is 473 g/mol. The van der Waals surface area contributed by atoms with Crippen LogP contribution in [0.4, 0.5) is 0 Å². The lowest BCUT2D eigenvalue weighted by molar-refractivity contribution is -0.686. The summed E-state index contributed by atoms with van der Waals surface area (Å²) in [7, 11) is 0. The van der Waals surface area contributed by atoms with Crippen molar-refractivity contribution >= 4 is 23.5 Å². The maximum atomic E-state index is 13.1. The molecule has 2 amide bonds. The molecule has 0 radical (unpaired) electrons. The summed E-state index contributed by atoms with van der Waals surface area (Å²) in [6, 6.07) is -0.227. The summed E-state index contributed by atoms with van der Waals surface area (Å²) in [5.74, 6) is -1.10. The van der Waals surface area contributed by atoms with Crippen LogP contribution in [0.15, 0.2) is 17.1 Å². The highest BCUT2D eigenvalue weighted by molar-refractivity contribution is 5.96. The molecule has 2 aliphatic rings. The molecule has 3 heterocycles. The van der Waals surface area contributed by atoms with Gasteiger partial charge in [0.2, 0.25) is 11.5 Å². The van der Waals surface area contributed by atoms with Gasteiger partial charge in [-0.3, -0.25) is 9.59 Å². The Morgan fingerprint density at radius 2 is 2.03 bits per heavy atom. The number of aliphatic hydroxyl groups is 1. The van der Waals surface area contributed by atoms with Gasteiger partial charge in [0.1, 0.15) is 0 Å². The van der Waals surface area contributed by atoms with E-state index in [4.69, 9.17) is 0 Å². The van der Waals surface area contributed by atoms with Crippen LogP contribution in [0.2, 0.25) is 0 Å². The van der Waals surface area contributed by atoms with E-state index in [2.05, 4.69) is 10.4 Å². The largest absolute Gasteiger partial charge is 0.477 e. The molecule has 10 nitrogen and oxygen atoms in total. The fraction of sp³-hybridized carbons (Fsp3) is 0.583. The smallest absolute Gasteiger partial charge is 0.378 e. The molecule has 2 fully saturated rings. The molecule has 0 unspecified atom stereocenters. The number of aromatic amines is 1. The SMILES string of the molecule is CC(C)C[n+]1c(O)c(C(=O)NC2CC2)c(=O)n2[nH]cc(/C=C/C(=O)N3CCC[C@@H]3C(C)(C)O)c21. The summed E-state index contributed by atoms with van der Waals surface area (Å²) in [6.45, 7) is 8.26. The highest BCUT2D eigenvalue weighted by atomic mass is 16.3. The van der Waals surface area contributed by atoms with Gasteiger partial charge in [0.25, 0.3) is 5.91 Å². The molecule has 10 heteroatoms. The number of amides is 2. The Hall–Kier alpha value is -3.14. The maximum Gasteiger partial charge on any atom is 0.378 e. The van der Waals surface area contributed by atoms with Crippen molar-refractivity contribution in [1.82, 2.24) is 19.8 Å². The topological polar surface area (TPSA) is 131 Å². The number of nitrogens with zero attached hydrogens (tertiary/aromatic N) is 3. The Balaban J connectivity index is 1.73. The fourth-order valence-corrected chi connectivity index (χ4v) is 4.63. The molecule has 1 atom stereocenters. The zero-order chi connectivity index (χ0) is 24.8. The summed E-state index contributed by atoms with van der Waals surface area (Å²) >= 11 is 0. The zero-order valence-electron chi connectivity index (χ0n) is 20.2. The molecule has 34 heavy (non-hydrogen) atoms. The summed E-state index contributed by atoms with van der Waals surface area (Å²) in [5.41, 5.74) is -1.07. The van der Waals surface area contributed by atoms with Crippen LogP contribution in [0.25, 0.3) is 11.7 Å². The fourth-order valence-electron chi connectivity index (χ4n) is 4.63. The molecule has 1 aliphatic carbocycles. The first-order chi connectivity index (χ1) is 16.0. The first kappa shape index (κ1) is 24.0. The van der Waals surface area contributed by atoms with Gasteiger partial charge in [-0.1, -0.05) is 18.4 Å². The number of aromatic hydroxyl groups is 1. The van der Waals surface area contributed by atoms with Gasteiger partial charge in [-0.15, -0.1) is 0 Å². The molecule has 2 aromatic rings. The zero-order valence-corrected chi connectivity index (χ0v) is 20.2. The van der Waals surface area contributed by atoms with Crippen molar-refractivity contribution < 1.29 is 24.4 Å². The number of nitrogens with one attached hydrogen (secondary N) is 2. The monoisotopic (exact) mass is 472 g/mol. The van der Waals surface area contributed by atoms with Crippen molar-refractivity contribution in [2.75, 3.05) is 6.54 Å². The Kier molecular flexibility index (Phi) is 6.28. The van der Waals surface area contributed by atoms with Crippen molar-refractivity contribution in [3.63, 3.8) is 0 Å². The van der Waals surface area contributed by atoms with Crippen LogP contribution in [0.1, 0.15) is 69.3 Å². The van der Waals surface area contributed by atoms with Gasteiger partial charge in [0.15, 0.2) is 0 Å². The molecule has 1 saturated heterocycles. The van der Waals surface area contributed by atoms with Crippen LogP contribution in [-0.4, -0.2) is 60.8 Å². The van der Waals surface area contributed by atoms with Gasteiger partial charge < -0.3 is 20.4 Å². The van der Waals surface area contributed by atoms with Crippen molar-refractivity contribution in [1.29, 1.82) is 0 Å². The second-order valence-electron chi connectivity index (χ2n) is 10.3. The molecular weight excluding hydrogens is 438 g/mol. The quantitative estimate of drug-likeness (QED) is 0.352. The minimum atomic E-state index is -1.00. The maximum absolute atomic E-state index is 13.1. The van der Waals surface area contributed by atoms with E-state index in [0.717, 1.165) is 25.7 Å². The number of rotatable bonds is 7. The standard InChI is InChI=1S/C24H33N5O5/c1-14(2)13-28-21-15(7-10-18(30)27-11-5-6-17(27)24(3,4)34)12-25-29(21)23(33)19(22(28)32)20(31)26-16-8-9-16/h7,10,12,14,16-17,34H,5-6,8-9,11,13H2,1-4H3,(H2,26,31,32,33)/p+1/b10-7+/t17-/m1/s1. The average Bonchev–Trinajstić information content (AvgIpc) is 3.25. The molecule has 4 N–H and O–H groups in total. The number of carbonyl (C=O) groups excluding carboxylic acids is 2. The lowest BCUT2D eigenvalue weighted by Crippen LogP contribution is -2.47. The van der Waals surface area contributed by atoms with Crippen molar-refractivity contribution in [2.45, 2.75) is 77.6 Å². The predicted octanol–water partition coefficient (Wildman–Crippen LogP) is 0.944. The van der Waals surface area contributed by atoms with Crippen LogP contribution in [-0.2, 0) is 11.3 Å². The summed E-state index contributed by atoms with van der Waals surface area (Å²) in [4.78, 5) is 40.4. The molecule has 4 rings (SSSR count). The van der Waals surface area contributed by atoms with Gasteiger partial charge in [-0.2, -0.15) is 4.57 Å². The van der Waals surface area contributed by atoms with E-state index in [1.54, 1.807) is 31.0 Å². The molecular formula is C24H34N5O5+. The number of hydrogen-bond acceptors (Lipinski definition) is 5. The lowest BCUT2D eigenvalue weighted by Gasteiger charge is -2.33. The van der Waals surface area contributed by atoms with E-state index in [9.17, 15) is 24.6 Å². The second kappa shape index (κ2) is 8.90. The minimum Gasteiger partial charge on any atom is -0.477 e. The summed E-state index contributed by atoms with van der Waals surface area (Å²) < 4.78 is 2.76. The Morgan fingerprint density at radius 1 is 1.32 bits per heavy atom. The molecule has 0 aromatic carbocycles. The van der Waals surface area contributed by atoms with Gasteiger partial charge >= 0.3 is 17.1 Å². The van der Waals surface area contributed by atoms with Gasteiger partial charge in [-0.25, -0.2) is 9.89 Å². The van der Waals surface area contributed by atoms with E-state index in [-0.39, 0.29) is 35.4 Å². The number of H-pyrrole nitrogens is 1. The van der Waals surface area contributed by atoms with Crippen LogP contribution in [0, 0.1) is 5.92 Å². The number of fused-ring (bicyclic) bond motifs is 1. The number of likely N-dealkylation sites (tertiary alicyclic amines) is 1. The molecule has 1 saturated carbocycles. The van der Waals surface area contributed by atoms with E-state index < -0.39 is 17.1 Å². The normalized spacial score (nSPS) is 19.0. The Morgan fingerprint density at radius 3 is 2.65 bits per heavy atom. The number of carbonyl (C=O) groups is 2. The third-order valence-electron chi connectivity index (χ3n) is 6.42. The number of aromatic nitrogens is 3. The van der Waals surface area contributed by atoms with Gasteiger partial charge in [-0.05, 0) is 51.5 Å². The molecule has 0 bridgehead atoms. The first-order valence-corrected chi connectivity index (χ1v) is 11.9. The van der Waals surface area contributed by atoms with E-state index in [1.807, 2.05) is 13.8 Å². The first-order valence-electron chi connectivity index (χ1n) is 11.9. The highest BCUT2D eigenvalue weighted by Crippen LogP contribution is 2.27. The molecule has 0 spiro atoms. The van der Waals surface area contributed by atoms with E-state index in [1.165, 1.54) is 15.2 Å². The Labute approximate surface area is 197 Å². The molecule has 184 valence electrons. The molecule has 1 aliphatic heterocycles. The molecule has 2 aromatic heterocycles. The minimum absolute atomic E-state index is 0.0389. The van der Waals surface area contributed by atoms with Crippen LogP contribution in [0.5, 0.6) is 5.88 Å². The highest BCUT2D eigenvalue weighted by Gasteiger charge is 2.38. The predicted molar refractivity (Wildman–Crippen MR) is 125 cm³/mol.